The molecule has 0 aromatic heterocycles. The van der Waals surface area contributed by atoms with Gasteiger partial charge in [0.15, 0.2) is 0 Å². The second-order valence-corrected chi connectivity index (χ2v) is 9.26. The minimum Gasteiger partial charge on any atom is -0.311 e. The van der Waals surface area contributed by atoms with Crippen LogP contribution in [-0.2, 0) is 9.84 Å². The lowest BCUT2D eigenvalue weighted by molar-refractivity contribution is 0.606. The SMILES string of the molecule is C#CC1=C(c2ccc(N(c3ccccc3)c3ccccc3)cc2)S(=O)(=O)c2ccccc21. The molecule has 0 saturated carbocycles. The van der Waals surface area contributed by atoms with Crippen LogP contribution in [0.3, 0.4) is 0 Å². The van der Waals surface area contributed by atoms with Crippen molar-refractivity contribution < 1.29 is 8.42 Å². The molecule has 0 atom stereocenters. The summed E-state index contributed by atoms with van der Waals surface area (Å²) in [5, 5.41) is 0. The third-order valence-corrected chi connectivity index (χ3v) is 7.41. The quantitative estimate of drug-likeness (QED) is 0.347. The van der Waals surface area contributed by atoms with Crippen LogP contribution in [0.4, 0.5) is 17.1 Å². The van der Waals surface area contributed by atoms with E-state index in [4.69, 9.17) is 6.42 Å². The van der Waals surface area contributed by atoms with Gasteiger partial charge in [-0.3, -0.25) is 0 Å². The van der Waals surface area contributed by atoms with Crippen LogP contribution in [-0.4, -0.2) is 8.42 Å². The molecule has 0 amide bonds. The van der Waals surface area contributed by atoms with Crippen LogP contribution >= 0.6 is 0 Å². The molecule has 0 N–H and O–H groups in total. The Morgan fingerprint density at radius 3 is 1.69 bits per heavy atom. The molecule has 0 unspecified atom stereocenters. The van der Waals surface area contributed by atoms with Gasteiger partial charge in [-0.25, -0.2) is 8.42 Å². The maximum atomic E-state index is 13.3. The Kier molecular flexibility index (Phi) is 4.89. The van der Waals surface area contributed by atoms with E-state index in [1.165, 1.54) is 0 Å². The number of benzene rings is 4. The lowest BCUT2D eigenvalue weighted by Crippen LogP contribution is -2.09. The van der Waals surface area contributed by atoms with Crippen molar-refractivity contribution in [2.45, 2.75) is 4.90 Å². The van der Waals surface area contributed by atoms with Gasteiger partial charge in [0.1, 0.15) is 0 Å². The summed E-state index contributed by atoms with van der Waals surface area (Å²) >= 11 is 0. The Hall–Kier alpha value is -4.07. The second-order valence-electron chi connectivity index (χ2n) is 7.40. The summed E-state index contributed by atoms with van der Waals surface area (Å²) in [5.74, 6) is 2.60. The molecule has 32 heavy (non-hydrogen) atoms. The number of para-hydroxylation sites is 2. The van der Waals surface area contributed by atoms with Gasteiger partial charge in [0, 0.05) is 22.6 Å². The van der Waals surface area contributed by atoms with Crippen molar-refractivity contribution in [1.82, 2.24) is 0 Å². The summed E-state index contributed by atoms with van der Waals surface area (Å²) in [7, 11) is -3.67. The van der Waals surface area contributed by atoms with Crippen molar-refractivity contribution in [3.63, 3.8) is 0 Å². The first-order chi connectivity index (χ1) is 15.6. The fourth-order valence-corrected chi connectivity index (χ4v) is 5.90. The number of terminal acetylenes is 1. The fourth-order valence-electron chi connectivity index (χ4n) is 4.08. The molecule has 0 fully saturated rings. The van der Waals surface area contributed by atoms with Gasteiger partial charge >= 0.3 is 0 Å². The zero-order valence-electron chi connectivity index (χ0n) is 17.1. The van der Waals surface area contributed by atoms with Gasteiger partial charge in [-0.05, 0) is 48.0 Å². The molecule has 4 heteroatoms. The largest absolute Gasteiger partial charge is 0.311 e. The molecule has 1 aliphatic rings. The van der Waals surface area contributed by atoms with E-state index >= 15 is 0 Å². The third kappa shape index (κ3) is 3.20. The molecule has 1 heterocycles. The number of rotatable bonds is 4. The second kappa shape index (κ2) is 7.88. The number of hydrogen-bond acceptors (Lipinski definition) is 3. The predicted molar refractivity (Wildman–Crippen MR) is 130 cm³/mol. The summed E-state index contributed by atoms with van der Waals surface area (Å²) in [6.07, 6.45) is 5.75. The average molecular weight is 434 g/mol. The maximum absolute atomic E-state index is 13.3. The van der Waals surface area contributed by atoms with Crippen LogP contribution < -0.4 is 4.90 Å². The fraction of sp³-hybridized carbons (Fsp3) is 0. The van der Waals surface area contributed by atoms with E-state index in [9.17, 15) is 8.42 Å². The van der Waals surface area contributed by atoms with Crippen molar-refractivity contribution >= 4 is 37.4 Å². The summed E-state index contributed by atoms with van der Waals surface area (Å²) < 4.78 is 26.5. The van der Waals surface area contributed by atoms with E-state index in [1.807, 2.05) is 84.9 Å². The van der Waals surface area contributed by atoms with E-state index in [0.717, 1.165) is 17.1 Å². The molecule has 154 valence electrons. The van der Waals surface area contributed by atoms with E-state index in [-0.39, 0.29) is 9.80 Å². The molecule has 1 aliphatic heterocycles. The highest BCUT2D eigenvalue weighted by Gasteiger charge is 2.35. The number of hydrogen-bond donors (Lipinski definition) is 0. The van der Waals surface area contributed by atoms with E-state index < -0.39 is 9.84 Å². The third-order valence-electron chi connectivity index (χ3n) is 5.50. The standard InChI is InChI=1S/C28H19NO2S/c1-2-25-26-15-9-10-16-27(26)32(30,31)28(25)21-17-19-24(20-18-21)29(22-11-5-3-6-12-22)23-13-7-4-8-14-23/h1,3-20H. The van der Waals surface area contributed by atoms with Crippen LogP contribution in [0.5, 0.6) is 0 Å². The van der Waals surface area contributed by atoms with Crippen molar-refractivity contribution in [2.24, 2.45) is 0 Å². The number of nitrogens with zero attached hydrogens (tertiary/aromatic N) is 1. The Bertz CT molecular complexity index is 1420. The topological polar surface area (TPSA) is 37.4 Å². The summed E-state index contributed by atoms with van der Waals surface area (Å²) in [6.45, 7) is 0. The molecule has 0 saturated heterocycles. The van der Waals surface area contributed by atoms with Gasteiger partial charge in [0.2, 0.25) is 9.84 Å². The van der Waals surface area contributed by atoms with Crippen molar-refractivity contribution in [1.29, 1.82) is 0 Å². The zero-order valence-corrected chi connectivity index (χ0v) is 18.0. The Morgan fingerprint density at radius 2 is 1.12 bits per heavy atom. The minimum atomic E-state index is -3.67. The maximum Gasteiger partial charge on any atom is 0.209 e. The van der Waals surface area contributed by atoms with Crippen LogP contribution in [0, 0.1) is 12.3 Å². The lowest BCUT2D eigenvalue weighted by atomic mass is 10.0. The first kappa shape index (κ1) is 19.9. The van der Waals surface area contributed by atoms with Crippen LogP contribution in [0.2, 0.25) is 0 Å². The molecule has 5 rings (SSSR count). The van der Waals surface area contributed by atoms with Crippen LogP contribution in [0.25, 0.3) is 10.5 Å². The Morgan fingerprint density at radius 1 is 0.625 bits per heavy atom. The van der Waals surface area contributed by atoms with Crippen molar-refractivity contribution in [3.05, 3.63) is 120 Å². The molecule has 0 aliphatic carbocycles. The molecular formula is C28H19NO2S. The van der Waals surface area contributed by atoms with Crippen molar-refractivity contribution in [3.8, 4) is 12.3 Å². The lowest BCUT2D eigenvalue weighted by Gasteiger charge is -2.25. The van der Waals surface area contributed by atoms with E-state index in [2.05, 4.69) is 10.8 Å². The molecule has 4 aromatic carbocycles. The zero-order chi connectivity index (χ0) is 22.1. The van der Waals surface area contributed by atoms with Gasteiger partial charge in [0.25, 0.3) is 0 Å². The van der Waals surface area contributed by atoms with Gasteiger partial charge in [-0.15, -0.1) is 6.42 Å². The molecule has 0 bridgehead atoms. The van der Waals surface area contributed by atoms with Gasteiger partial charge in [-0.1, -0.05) is 72.7 Å². The Balaban J connectivity index is 1.62. The van der Waals surface area contributed by atoms with E-state index in [0.29, 0.717) is 16.7 Å². The van der Waals surface area contributed by atoms with Crippen molar-refractivity contribution in [2.75, 3.05) is 4.90 Å². The first-order valence-electron chi connectivity index (χ1n) is 10.2. The van der Waals surface area contributed by atoms with Gasteiger partial charge in [0.05, 0.1) is 15.4 Å². The summed E-state index contributed by atoms with van der Waals surface area (Å²) in [5.41, 5.74) is 4.52. The van der Waals surface area contributed by atoms with Crippen LogP contribution in [0.1, 0.15) is 11.1 Å². The smallest absolute Gasteiger partial charge is 0.209 e. The Labute approximate surface area is 188 Å². The number of allylic oxidation sites excluding steroid dienone is 1. The highest BCUT2D eigenvalue weighted by atomic mass is 32.2. The summed E-state index contributed by atoms with van der Waals surface area (Å²) in [6, 6.07) is 34.5. The number of anilines is 3. The normalized spacial score (nSPS) is 14.0. The van der Waals surface area contributed by atoms with E-state index in [1.54, 1.807) is 24.3 Å². The van der Waals surface area contributed by atoms with Crippen LogP contribution in [0.15, 0.2) is 114 Å². The number of sulfone groups is 1. The van der Waals surface area contributed by atoms with Gasteiger partial charge < -0.3 is 4.90 Å². The molecule has 3 nitrogen and oxygen atoms in total. The average Bonchev–Trinajstić information content (AvgIpc) is 3.08. The molecule has 0 radical (unpaired) electrons. The minimum absolute atomic E-state index is 0.193. The summed E-state index contributed by atoms with van der Waals surface area (Å²) in [4.78, 5) is 2.58. The predicted octanol–water partition coefficient (Wildman–Crippen LogP) is 6.45. The van der Waals surface area contributed by atoms with Gasteiger partial charge in [-0.2, -0.15) is 0 Å². The monoisotopic (exact) mass is 433 g/mol. The first-order valence-corrected chi connectivity index (χ1v) is 11.7. The molecule has 4 aromatic rings. The highest BCUT2D eigenvalue weighted by Crippen LogP contribution is 2.44. The molecular weight excluding hydrogens is 414 g/mol. The highest BCUT2D eigenvalue weighted by molar-refractivity contribution is 8.01. The molecule has 0 spiro atoms. The number of fused-ring (bicyclic) bond motifs is 1.